The number of aromatic nitrogens is 4. The van der Waals surface area contributed by atoms with Gasteiger partial charge in [0.2, 0.25) is 5.95 Å². The highest BCUT2D eigenvalue weighted by Crippen LogP contribution is 2.33. The third kappa shape index (κ3) is 2.60. The van der Waals surface area contributed by atoms with Gasteiger partial charge in [-0.3, -0.25) is 0 Å². The Kier molecular flexibility index (Phi) is 3.65. The van der Waals surface area contributed by atoms with E-state index in [4.69, 9.17) is 0 Å². The number of anilines is 1. The number of halogens is 2. The third-order valence-electron chi connectivity index (χ3n) is 3.98. The zero-order valence-corrected chi connectivity index (χ0v) is 14.3. The Labute approximate surface area is 146 Å². The quantitative estimate of drug-likeness (QED) is 0.725. The zero-order chi connectivity index (χ0) is 16.7. The molecule has 0 bridgehead atoms. The molecule has 0 amide bonds. The lowest BCUT2D eigenvalue weighted by Crippen LogP contribution is -2.20. The summed E-state index contributed by atoms with van der Waals surface area (Å²) in [7, 11) is 0. The van der Waals surface area contributed by atoms with Crippen molar-refractivity contribution in [3.8, 4) is 0 Å². The van der Waals surface area contributed by atoms with Gasteiger partial charge >= 0.3 is 0 Å². The molecule has 0 aliphatic carbocycles. The molecule has 0 saturated heterocycles. The van der Waals surface area contributed by atoms with Crippen LogP contribution in [0.1, 0.15) is 22.7 Å². The van der Waals surface area contributed by atoms with Gasteiger partial charge in [-0.25, -0.2) is 4.39 Å². The van der Waals surface area contributed by atoms with Crippen LogP contribution in [-0.4, -0.2) is 20.2 Å². The summed E-state index contributed by atoms with van der Waals surface area (Å²) < 4.78 is 15.7. The van der Waals surface area contributed by atoms with Gasteiger partial charge in [0, 0.05) is 5.70 Å². The molecule has 0 radical (unpaired) electrons. The second kappa shape index (κ2) is 5.83. The van der Waals surface area contributed by atoms with Crippen molar-refractivity contribution in [2.45, 2.75) is 13.0 Å². The highest BCUT2D eigenvalue weighted by atomic mass is 79.9. The van der Waals surface area contributed by atoms with Crippen LogP contribution < -0.4 is 5.32 Å². The zero-order valence-electron chi connectivity index (χ0n) is 12.7. The summed E-state index contributed by atoms with van der Waals surface area (Å²) in [4.78, 5) is 0. The minimum atomic E-state index is -0.299. The molecule has 3 aromatic rings. The molecule has 120 valence electrons. The van der Waals surface area contributed by atoms with Crippen LogP contribution in [0.5, 0.6) is 0 Å². The van der Waals surface area contributed by atoms with E-state index >= 15 is 0 Å². The number of benzene rings is 2. The molecule has 1 atom stereocenters. The summed E-state index contributed by atoms with van der Waals surface area (Å²) in [5.41, 5.74) is 4.05. The van der Waals surface area contributed by atoms with Crippen molar-refractivity contribution in [2.24, 2.45) is 0 Å². The van der Waals surface area contributed by atoms with Crippen LogP contribution in [-0.2, 0) is 0 Å². The van der Waals surface area contributed by atoms with Gasteiger partial charge in [0.1, 0.15) is 11.9 Å². The van der Waals surface area contributed by atoms with Crippen LogP contribution in [0.2, 0.25) is 0 Å². The molecule has 0 spiro atoms. The van der Waals surface area contributed by atoms with Crippen molar-refractivity contribution in [2.75, 3.05) is 5.32 Å². The number of nitrogens with one attached hydrogen (secondary N) is 1. The smallest absolute Gasteiger partial charge is 0.248 e. The number of allylic oxidation sites excluding steroid dienone is 1. The van der Waals surface area contributed by atoms with Crippen LogP contribution in [0.25, 0.3) is 5.70 Å². The van der Waals surface area contributed by atoms with E-state index in [0.717, 1.165) is 16.8 Å². The average Bonchev–Trinajstić information content (AvgIpc) is 3.06. The van der Waals surface area contributed by atoms with E-state index in [1.165, 1.54) is 11.6 Å². The summed E-state index contributed by atoms with van der Waals surface area (Å²) in [5.74, 6) is 0.255. The van der Waals surface area contributed by atoms with Crippen molar-refractivity contribution in [3.63, 3.8) is 0 Å². The highest BCUT2D eigenvalue weighted by molar-refractivity contribution is 9.10. The summed E-state index contributed by atoms with van der Waals surface area (Å²) in [6, 6.07) is 12.9. The van der Waals surface area contributed by atoms with Gasteiger partial charge in [0.05, 0.1) is 4.47 Å². The second-order valence-electron chi connectivity index (χ2n) is 5.64. The Morgan fingerprint density at radius 1 is 1.17 bits per heavy atom. The van der Waals surface area contributed by atoms with Crippen LogP contribution in [0.4, 0.5) is 10.3 Å². The molecule has 1 aliphatic rings. The Morgan fingerprint density at radius 3 is 2.71 bits per heavy atom. The summed E-state index contributed by atoms with van der Waals surface area (Å²) in [6.07, 6.45) is 2.04. The normalized spacial score (nSPS) is 16.3. The molecule has 4 rings (SSSR count). The van der Waals surface area contributed by atoms with Gasteiger partial charge in [-0.05, 0) is 62.6 Å². The number of fused-ring (bicyclic) bond motifs is 1. The van der Waals surface area contributed by atoms with E-state index in [1.807, 2.05) is 25.1 Å². The molecule has 1 aliphatic heterocycles. The molecule has 0 fully saturated rings. The number of nitrogens with zero attached hydrogens (tertiary/aromatic N) is 4. The Bertz CT molecular complexity index is 932. The number of rotatable bonds is 2. The number of hydrogen-bond donors (Lipinski definition) is 1. The van der Waals surface area contributed by atoms with Crippen LogP contribution >= 0.6 is 15.9 Å². The van der Waals surface area contributed by atoms with E-state index in [2.05, 4.69) is 48.9 Å². The lowest BCUT2D eigenvalue weighted by atomic mass is 10.0. The van der Waals surface area contributed by atoms with E-state index < -0.39 is 0 Å². The first-order chi connectivity index (χ1) is 11.6. The molecular weight excluding hydrogens is 373 g/mol. The minimum Gasteiger partial charge on any atom is -0.323 e. The fraction of sp³-hybridized carbons (Fsp3) is 0.118. The largest absolute Gasteiger partial charge is 0.323 e. The summed E-state index contributed by atoms with van der Waals surface area (Å²) >= 11 is 3.24. The average molecular weight is 386 g/mol. The predicted octanol–water partition coefficient (Wildman–Crippen LogP) is 3.94. The number of hydrogen-bond acceptors (Lipinski definition) is 4. The summed E-state index contributed by atoms with van der Waals surface area (Å²) in [5, 5.41) is 15.1. The minimum absolute atomic E-state index is 0.218. The molecule has 5 nitrogen and oxygen atoms in total. The van der Waals surface area contributed by atoms with Crippen LogP contribution in [0, 0.1) is 12.7 Å². The fourth-order valence-corrected chi connectivity index (χ4v) is 3.09. The highest BCUT2D eigenvalue weighted by Gasteiger charge is 2.24. The first-order valence-corrected chi connectivity index (χ1v) is 8.20. The first kappa shape index (κ1) is 15.0. The summed E-state index contributed by atoms with van der Waals surface area (Å²) in [6.45, 7) is 2.05. The topological polar surface area (TPSA) is 55.6 Å². The maximum absolute atomic E-state index is 13.6. The molecule has 24 heavy (non-hydrogen) atoms. The van der Waals surface area contributed by atoms with E-state index in [-0.39, 0.29) is 11.9 Å². The fourth-order valence-electron chi connectivity index (χ4n) is 2.69. The SMILES string of the molecule is Cc1ccc(C2=CC(c3ccc(F)c(Br)c3)n3nnnc3N2)cc1. The first-order valence-electron chi connectivity index (χ1n) is 7.40. The number of aryl methyl sites for hydroxylation is 1. The van der Waals surface area contributed by atoms with Gasteiger partial charge in [-0.15, -0.1) is 0 Å². The maximum atomic E-state index is 13.6. The van der Waals surface area contributed by atoms with Gasteiger partial charge < -0.3 is 5.32 Å². The van der Waals surface area contributed by atoms with Crippen LogP contribution in [0.3, 0.4) is 0 Å². The lowest BCUT2D eigenvalue weighted by molar-refractivity contribution is 0.580. The predicted molar refractivity (Wildman–Crippen MR) is 92.8 cm³/mol. The molecule has 1 unspecified atom stereocenters. The molecule has 1 N–H and O–H groups in total. The van der Waals surface area contributed by atoms with E-state index in [1.54, 1.807) is 16.8 Å². The second-order valence-corrected chi connectivity index (χ2v) is 6.49. The third-order valence-corrected chi connectivity index (χ3v) is 4.58. The maximum Gasteiger partial charge on any atom is 0.248 e. The van der Waals surface area contributed by atoms with Gasteiger partial charge in [0.15, 0.2) is 0 Å². The standard InChI is InChI=1S/C17H13BrFN5/c1-10-2-4-11(5-3-10)15-9-16(24-17(20-15)21-22-23-24)12-6-7-14(19)13(18)8-12/h2-9,16H,1H3,(H,20,21,23). The van der Waals surface area contributed by atoms with Gasteiger partial charge in [-0.2, -0.15) is 4.68 Å². The molecule has 1 aromatic heterocycles. The van der Waals surface area contributed by atoms with Crippen molar-refractivity contribution in [1.82, 2.24) is 20.2 Å². The molecule has 2 aromatic carbocycles. The molecule has 2 heterocycles. The van der Waals surface area contributed by atoms with Crippen molar-refractivity contribution in [1.29, 1.82) is 0 Å². The van der Waals surface area contributed by atoms with Crippen molar-refractivity contribution >= 4 is 27.6 Å². The van der Waals surface area contributed by atoms with Crippen molar-refractivity contribution in [3.05, 3.63) is 75.5 Å². The Balaban J connectivity index is 1.81. The Morgan fingerprint density at radius 2 is 1.96 bits per heavy atom. The molecular formula is C17H13BrFN5. The Hall–Kier alpha value is -2.54. The van der Waals surface area contributed by atoms with E-state index in [0.29, 0.717) is 10.4 Å². The monoisotopic (exact) mass is 385 g/mol. The van der Waals surface area contributed by atoms with Crippen molar-refractivity contribution < 1.29 is 4.39 Å². The molecule has 7 heteroatoms. The number of tetrazole rings is 1. The van der Waals surface area contributed by atoms with Gasteiger partial charge in [-0.1, -0.05) is 41.0 Å². The van der Waals surface area contributed by atoms with Crippen LogP contribution in [0.15, 0.2) is 53.0 Å². The van der Waals surface area contributed by atoms with E-state index in [9.17, 15) is 4.39 Å². The molecule has 0 saturated carbocycles. The lowest BCUT2D eigenvalue weighted by Gasteiger charge is -2.23. The van der Waals surface area contributed by atoms with Gasteiger partial charge in [0.25, 0.3) is 0 Å².